The SMILES string of the molecule is CCCCCCCCCCCCCCCCOc1ccc(C(=O)Oc2cccc(C(=O)/C=C/c3ccc(OCCCCCCCCCCCC)cc3)c2)cc1. The van der Waals surface area contributed by atoms with Crippen molar-refractivity contribution in [2.24, 2.45) is 0 Å². The van der Waals surface area contributed by atoms with Crippen molar-refractivity contribution in [1.82, 2.24) is 0 Å². The smallest absolute Gasteiger partial charge is 0.343 e. The summed E-state index contributed by atoms with van der Waals surface area (Å²) in [5.41, 5.74) is 1.79. The molecule has 0 fully saturated rings. The van der Waals surface area contributed by atoms with Gasteiger partial charge in [-0.25, -0.2) is 4.79 Å². The maximum absolute atomic E-state index is 12.9. The summed E-state index contributed by atoms with van der Waals surface area (Å²) in [5.74, 6) is 1.27. The van der Waals surface area contributed by atoms with Gasteiger partial charge in [-0.1, -0.05) is 185 Å². The first-order valence-electron chi connectivity index (χ1n) is 22.1. The van der Waals surface area contributed by atoms with Gasteiger partial charge in [0.15, 0.2) is 5.78 Å². The van der Waals surface area contributed by atoms with Gasteiger partial charge in [-0.15, -0.1) is 0 Å². The lowest BCUT2D eigenvalue weighted by Crippen LogP contribution is -2.09. The fourth-order valence-electron chi connectivity index (χ4n) is 6.78. The summed E-state index contributed by atoms with van der Waals surface area (Å²) in [5, 5.41) is 0. The van der Waals surface area contributed by atoms with E-state index in [0.717, 1.165) is 36.5 Å². The minimum absolute atomic E-state index is 0.167. The first-order chi connectivity index (χ1) is 27.1. The van der Waals surface area contributed by atoms with E-state index in [1.807, 2.05) is 36.4 Å². The van der Waals surface area contributed by atoms with E-state index in [1.54, 1.807) is 42.5 Å². The summed E-state index contributed by atoms with van der Waals surface area (Å²) >= 11 is 0. The number of carbonyl (C=O) groups excluding carboxylic acids is 2. The molecule has 302 valence electrons. The molecule has 5 heteroatoms. The van der Waals surface area contributed by atoms with Crippen molar-refractivity contribution in [3.05, 3.63) is 95.6 Å². The van der Waals surface area contributed by atoms with Crippen LogP contribution in [0.4, 0.5) is 0 Å². The predicted octanol–water partition coefficient (Wildman–Crippen LogP) is 15.0. The minimum Gasteiger partial charge on any atom is -0.494 e. The van der Waals surface area contributed by atoms with Crippen molar-refractivity contribution in [2.75, 3.05) is 13.2 Å². The highest BCUT2D eigenvalue weighted by molar-refractivity contribution is 6.07. The van der Waals surface area contributed by atoms with E-state index in [0.29, 0.717) is 23.5 Å². The van der Waals surface area contributed by atoms with Crippen LogP contribution in [0, 0.1) is 0 Å². The Morgan fingerprint density at radius 1 is 0.455 bits per heavy atom. The molecule has 0 aliphatic rings. The van der Waals surface area contributed by atoms with Crippen LogP contribution in [0.5, 0.6) is 17.2 Å². The van der Waals surface area contributed by atoms with Crippen molar-refractivity contribution < 1.29 is 23.8 Å². The molecular formula is C50H72O5. The summed E-state index contributed by atoms with van der Waals surface area (Å²) < 4.78 is 17.4. The van der Waals surface area contributed by atoms with Crippen LogP contribution in [0.3, 0.4) is 0 Å². The number of unbranched alkanes of at least 4 members (excludes halogenated alkanes) is 22. The zero-order valence-electron chi connectivity index (χ0n) is 34.5. The fourth-order valence-corrected chi connectivity index (χ4v) is 6.78. The third kappa shape index (κ3) is 21.7. The highest BCUT2D eigenvalue weighted by Crippen LogP contribution is 2.20. The van der Waals surface area contributed by atoms with Crippen LogP contribution in [-0.4, -0.2) is 25.0 Å². The van der Waals surface area contributed by atoms with E-state index in [-0.39, 0.29) is 5.78 Å². The summed E-state index contributed by atoms with van der Waals surface area (Å²) in [7, 11) is 0. The molecule has 0 atom stereocenters. The molecule has 0 unspecified atom stereocenters. The van der Waals surface area contributed by atoms with Gasteiger partial charge < -0.3 is 14.2 Å². The van der Waals surface area contributed by atoms with E-state index >= 15 is 0 Å². The van der Waals surface area contributed by atoms with Crippen LogP contribution in [0.25, 0.3) is 6.08 Å². The fraction of sp³-hybridized carbons (Fsp3) is 0.560. The molecule has 0 aliphatic carbocycles. The lowest BCUT2D eigenvalue weighted by atomic mass is 10.0. The normalized spacial score (nSPS) is 11.2. The van der Waals surface area contributed by atoms with Gasteiger partial charge in [-0.2, -0.15) is 0 Å². The van der Waals surface area contributed by atoms with Crippen molar-refractivity contribution in [3.63, 3.8) is 0 Å². The van der Waals surface area contributed by atoms with E-state index < -0.39 is 5.97 Å². The first-order valence-corrected chi connectivity index (χ1v) is 22.1. The van der Waals surface area contributed by atoms with Gasteiger partial charge in [-0.05, 0) is 73.0 Å². The summed E-state index contributed by atoms with van der Waals surface area (Å²) in [6.45, 7) is 5.94. The number of hydrogen-bond donors (Lipinski definition) is 0. The Bertz CT molecular complexity index is 1440. The molecule has 3 aromatic carbocycles. The molecule has 0 bridgehead atoms. The first kappa shape index (κ1) is 45.5. The summed E-state index contributed by atoms with van der Waals surface area (Å²) in [6.07, 6.45) is 35.0. The third-order valence-electron chi connectivity index (χ3n) is 10.3. The molecule has 55 heavy (non-hydrogen) atoms. The van der Waals surface area contributed by atoms with Crippen molar-refractivity contribution in [3.8, 4) is 17.2 Å². The van der Waals surface area contributed by atoms with Gasteiger partial charge in [0.1, 0.15) is 17.2 Å². The van der Waals surface area contributed by atoms with Crippen LogP contribution in [-0.2, 0) is 0 Å². The molecule has 0 radical (unpaired) electrons. The average molecular weight is 753 g/mol. The second-order valence-corrected chi connectivity index (χ2v) is 15.2. The molecule has 0 aliphatic heterocycles. The second-order valence-electron chi connectivity index (χ2n) is 15.2. The molecule has 5 nitrogen and oxygen atoms in total. The predicted molar refractivity (Wildman–Crippen MR) is 231 cm³/mol. The van der Waals surface area contributed by atoms with Gasteiger partial charge >= 0.3 is 5.97 Å². The Hall–Kier alpha value is -3.86. The second kappa shape index (κ2) is 30.4. The maximum Gasteiger partial charge on any atom is 0.343 e. The maximum atomic E-state index is 12.9. The number of rotatable bonds is 33. The van der Waals surface area contributed by atoms with Gasteiger partial charge in [0, 0.05) is 5.56 Å². The van der Waals surface area contributed by atoms with Crippen LogP contribution < -0.4 is 14.2 Å². The summed E-state index contributed by atoms with van der Waals surface area (Å²) in [6, 6.07) is 21.6. The average Bonchev–Trinajstić information content (AvgIpc) is 3.21. The van der Waals surface area contributed by atoms with Crippen molar-refractivity contribution in [1.29, 1.82) is 0 Å². The van der Waals surface area contributed by atoms with Gasteiger partial charge in [0.2, 0.25) is 0 Å². The van der Waals surface area contributed by atoms with Crippen LogP contribution in [0.1, 0.15) is 194 Å². The van der Waals surface area contributed by atoms with Crippen molar-refractivity contribution in [2.45, 2.75) is 168 Å². The lowest BCUT2D eigenvalue weighted by molar-refractivity contribution is 0.0733. The monoisotopic (exact) mass is 753 g/mol. The molecule has 0 aromatic heterocycles. The lowest BCUT2D eigenvalue weighted by Gasteiger charge is -2.08. The largest absolute Gasteiger partial charge is 0.494 e. The highest BCUT2D eigenvalue weighted by Gasteiger charge is 2.11. The molecule has 0 spiro atoms. The quantitative estimate of drug-likeness (QED) is 0.0204. The number of hydrogen-bond acceptors (Lipinski definition) is 5. The molecule has 0 N–H and O–H groups in total. The Morgan fingerprint density at radius 2 is 0.873 bits per heavy atom. The molecule has 3 rings (SSSR count). The van der Waals surface area contributed by atoms with Gasteiger partial charge in [-0.3, -0.25) is 4.79 Å². The van der Waals surface area contributed by atoms with E-state index in [9.17, 15) is 9.59 Å². The number of benzene rings is 3. The van der Waals surface area contributed by atoms with Gasteiger partial charge in [0.25, 0.3) is 0 Å². The summed E-state index contributed by atoms with van der Waals surface area (Å²) in [4.78, 5) is 25.8. The van der Waals surface area contributed by atoms with Crippen LogP contribution >= 0.6 is 0 Å². The minimum atomic E-state index is -0.478. The van der Waals surface area contributed by atoms with Crippen LogP contribution in [0.15, 0.2) is 78.9 Å². The van der Waals surface area contributed by atoms with Crippen LogP contribution in [0.2, 0.25) is 0 Å². The highest BCUT2D eigenvalue weighted by atomic mass is 16.5. The van der Waals surface area contributed by atoms with E-state index in [2.05, 4.69) is 13.8 Å². The van der Waals surface area contributed by atoms with Crippen molar-refractivity contribution >= 4 is 17.8 Å². The number of allylic oxidation sites excluding steroid dienone is 1. The van der Waals surface area contributed by atoms with E-state index in [4.69, 9.17) is 14.2 Å². The zero-order chi connectivity index (χ0) is 39.0. The molecule has 0 saturated heterocycles. The Balaban J connectivity index is 1.26. The Morgan fingerprint density at radius 3 is 1.33 bits per heavy atom. The van der Waals surface area contributed by atoms with Gasteiger partial charge in [0.05, 0.1) is 18.8 Å². The molecular weight excluding hydrogens is 681 g/mol. The number of ketones is 1. The molecule has 0 amide bonds. The zero-order valence-corrected chi connectivity index (χ0v) is 34.5. The molecule has 0 saturated carbocycles. The molecule has 3 aromatic rings. The Labute approximate surface area is 334 Å². The number of esters is 1. The molecule has 0 heterocycles. The van der Waals surface area contributed by atoms with E-state index in [1.165, 1.54) is 147 Å². The third-order valence-corrected chi connectivity index (χ3v) is 10.3. The standard InChI is InChI=1S/C50H72O5/c1-3-5-7-9-11-13-15-16-17-18-20-22-24-26-41-54-47-37-33-44(34-38-47)50(52)55-48-29-27-28-45(42-48)49(51)39-32-43-30-35-46(36-31-43)53-40-25-23-21-19-14-12-10-8-6-4-2/h27-39,42H,3-26,40-41H2,1-2H3/b39-32+. The Kier molecular flexibility index (Phi) is 25.1. The number of carbonyl (C=O) groups is 2. The topological polar surface area (TPSA) is 61.8 Å². The number of ether oxygens (including phenoxy) is 3.